The van der Waals surface area contributed by atoms with Gasteiger partial charge in [0.2, 0.25) is 0 Å². The number of methoxy groups -OCH3 is 2. The highest BCUT2D eigenvalue weighted by atomic mass is 32.2. The minimum atomic E-state index is -3.88. The summed E-state index contributed by atoms with van der Waals surface area (Å²) in [6.07, 6.45) is -3.02. The first-order chi connectivity index (χ1) is 13.3. The maximum atomic E-state index is 12.5. The average molecular weight is 414 g/mol. The van der Waals surface area contributed by atoms with Crippen LogP contribution in [0.1, 0.15) is 10.4 Å². The maximum absolute atomic E-state index is 12.5. The Morgan fingerprint density at radius 1 is 1.32 bits per heavy atom. The van der Waals surface area contributed by atoms with Gasteiger partial charge in [-0.25, -0.2) is 0 Å². The van der Waals surface area contributed by atoms with E-state index in [0.29, 0.717) is 5.56 Å². The van der Waals surface area contributed by atoms with E-state index in [4.69, 9.17) is 23.9 Å². The normalized spacial score (nSPS) is 25.7. The van der Waals surface area contributed by atoms with Gasteiger partial charge < -0.3 is 19.5 Å². The van der Waals surface area contributed by atoms with Crippen molar-refractivity contribution >= 4 is 16.0 Å². The lowest BCUT2D eigenvalue weighted by Crippen LogP contribution is -2.51. The third-order valence-electron chi connectivity index (χ3n) is 4.09. The van der Waals surface area contributed by atoms with Gasteiger partial charge in [0.05, 0.1) is 12.8 Å². The van der Waals surface area contributed by atoms with Gasteiger partial charge in [-0.1, -0.05) is 23.3 Å². The summed E-state index contributed by atoms with van der Waals surface area (Å²) < 4.78 is 44.7. The van der Waals surface area contributed by atoms with Crippen molar-refractivity contribution in [3.63, 3.8) is 0 Å². The Morgan fingerprint density at radius 3 is 2.54 bits per heavy atom. The van der Waals surface area contributed by atoms with Gasteiger partial charge in [-0.2, -0.15) is 8.42 Å². The first kappa shape index (κ1) is 22.1. The molecule has 154 valence electrons. The second-order valence-electron chi connectivity index (χ2n) is 6.02. The number of ether oxygens (including phenoxy) is 3. The van der Waals surface area contributed by atoms with Gasteiger partial charge in [0.15, 0.2) is 6.29 Å². The molecule has 0 saturated carbocycles. The molecule has 2 rings (SSSR count). The lowest BCUT2D eigenvalue weighted by molar-refractivity contribution is -0.143. The van der Waals surface area contributed by atoms with E-state index >= 15 is 0 Å². The summed E-state index contributed by atoms with van der Waals surface area (Å²) in [5.74, 6) is -0.380. The van der Waals surface area contributed by atoms with Crippen LogP contribution in [0.25, 0.3) is 10.4 Å². The zero-order valence-electron chi connectivity index (χ0n) is 15.6. The Balaban J connectivity index is 2.26. The average Bonchev–Trinajstić information content (AvgIpc) is 3.02. The predicted octanol–water partition coefficient (Wildman–Crippen LogP) is 0.826. The lowest BCUT2D eigenvalue weighted by Gasteiger charge is -2.26. The molecule has 0 bridgehead atoms. The topological polar surface area (TPSA) is 149 Å². The molecule has 28 heavy (non-hydrogen) atoms. The van der Waals surface area contributed by atoms with Crippen LogP contribution in [0.3, 0.4) is 0 Å². The number of benzene rings is 1. The van der Waals surface area contributed by atoms with Crippen LogP contribution in [0.2, 0.25) is 0 Å². The first-order valence-electron chi connectivity index (χ1n) is 8.26. The second-order valence-corrected chi connectivity index (χ2v) is 7.62. The van der Waals surface area contributed by atoms with Gasteiger partial charge in [0, 0.05) is 24.7 Å². The van der Waals surface area contributed by atoms with Crippen LogP contribution in [0, 0.1) is 0 Å². The minimum Gasteiger partial charge on any atom is -0.376 e. The number of nitrogens with zero attached hydrogens (tertiary/aromatic N) is 3. The summed E-state index contributed by atoms with van der Waals surface area (Å²) in [7, 11) is -1.12. The Morgan fingerprint density at radius 2 is 2.00 bits per heavy atom. The fourth-order valence-electron chi connectivity index (χ4n) is 2.96. The van der Waals surface area contributed by atoms with Crippen LogP contribution in [0.5, 0.6) is 0 Å². The number of hydrogen-bond donors (Lipinski definition) is 1. The zero-order chi connectivity index (χ0) is 20.7. The summed E-state index contributed by atoms with van der Waals surface area (Å²) in [5, 5.41) is 6.16. The molecular weight excluding hydrogens is 392 g/mol. The molecule has 1 N–H and O–H groups in total. The van der Waals surface area contributed by atoms with Gasteiger partial charge in [0.25, 0.3) is 16.0 Å². The quantitative estimate of drug-likeness (QED) is 0.272. The molecular formula is C16H22N4O7S. The van der Waals surface area contributed by atoms with Gasteiger partial charge >= 0.3 is 0 Å². The standard InChI is InChI=1S/C16H22N4O7S/c1-24-14-12(19-15(21)10-7-5-4-6-8-10)16(25-2)26-13(14)11(9-18-20-17)27-28(3,22)23/h4-8,11-14,16H,9H2,1-3H3,(H,19,21)/t11-,12-,13-,14-,16-/m1/s1. The van der Waals surface area contributed by atoms with E-state index in [0.717, 1.165) is 6.26 Å². The van der Waals surface area contributed by atoms with E-state index in [1.807, 2.05) is 0 Å². The van der Waals surface area contributed by atoms with Crippen LogP contribution in [-0.4, -0.2) is 72.0 Å². The van der Waals surface area contributed by atoms with Crippen molar-refractivity contribution in [2.24, 2.45) is 5.11 Å². The highest BCUT2D eigenvalue weighted by Gasteiger charge is 2.50. The number of hydrogen-bond acceptors (Lipinski definition) is 8. The van der Waals surface area contributed by atoms with Crippen molar-refractivity contribution in [1.82, 2.24) is 5.32 Å². The molecule has 1 aromatic rings. The molecule has 5 atom stereocenters. The van der Waals surface area contributed by atoms with E-state index in [1.54, 1.807) is 30.3 Å². The molecule has 0 aliphatic carbocycles. The molecule has 1 saturated heterocycles. The molecule has 11 nitrogen and oxygen atoms in total. The van der Waals surface area contributed by atoms with Crippen molar-refractivity contribution in [3.8, 4) is 0 Å². The second kappa shape index (κ2) is 9.82. The van der Waals surface area contributed by atoms with E-state index in [1.165, 1.54) is 14.2 Å². The molecule has 0 unspecified atom stereocenters. The van der Waals surface area contributed by atoms with E-state index < -0.39 is 40.8 Å². The molecule has 1 aliphatic heterocycles. The highest BCUT2D eigenvalue weighted by molar-refractivity contribution is 7.86. The smallest absolute Gasteiger partial charge is 0.264 e. The minimum absolute atomic E-state index is 0.316. The number of nitrogens with one attached hydrogen (secondary N) is 1. The number of carbonyl (C=O) groups is 1. The summed E-state index contributed by atoms with van der Waals surface area (Å²) in [4.78, 5) is 15.2. The number of carbonyl (C=O) groups excluding carboxylic acids is 1. The molecule has 0 spiro atoms. The highest BCUT2D eigenvalue weighted by Crippen LogP contribution is 2.29. The van der Waals surface area contributed by atoms with Crippen molar-refractivity contribution in [1.29, 1.82) is 0 Å². The molecule has 1 aromatic carbocycles. The van der Waals surface area contributed by atoms with Gasteiger partial charge in [0.1, 0.15) is 24.4 Å². The van der Waals surface area contributed by atoms with Crippen molar-refractivity contribution in [2.75, 3.05) is 27.0 Å². The Hall–Kier alpha value is -2.21. The first-order valence-corrected chi connectivity index (χ1v) is 10.1. The monoisotopic (exact) mass is 414 g/mol. The molecule has 12 heteroatoms. The summed E-state index contributed by atoms with van der Waals surface area (Å²) in [5.41, 5.74) is 9.00. The molecule has 0 radical (unpaired) electrons. The SMILES string of the molecule is CO[C@@H]1O[C@H]([C@@H](CN=[N+]=[N-])OS(C)(=O)=O)[C@H](OC)[C@H]1NC(=O)c1ccccc1. The van der Waals surface area contributed by atoms with Crippen molar-refractivity contribution in [2.45, 2.75) is 30.6 Å². The molecule has 1 heterocycles. The molecule has 1 fully saturated rings. The van der Waals surface area contributed by atoms with Gasteiger partial charge in [-0.3, -0.25) is 8.98 Å². The lowest BCUT2D eigenvalue weighted by atomic mass is 10.0. The van der Waals surface area contributed by atoms with Crippen LogP contribution >= 0.6 is 0 Å². The number of rotatable bonds is 9. The summed E-state index contributed by atoms with van der Waals surface area (Å²) in [6.45, 7) is -0.316. The fraction of sp³-hybridized carbons (Fsp3) is 0.562. The van der Waals surface area contributed by atoms with Gasteiger partial charge in [-0.05, 0) is 17.7 Å². The van der Waals surface area contributed by atoms with Crippen LogP contribution in [0.15, 0.2) is 35.4 Å². The maximum Gasteiger partial charge on any atom is 0.264 e. The van der Waals surface area contributed by atoms with Crippen LogP contribution in [-0.2, 0) is 28.5 Å². The number of amides is 1. The summed E-state index contributed by atoms with van der Waals surface area (Å²) >= 11 is 0. The Labute approximate surface area is 162 Å². The van der Waals surface area contributed by atoms with Crippen LogP contribution in [0.4, 0.5) is 0 Å². The third-order valence-corrected chi connectivity index (χ3v) is 4.69. The fourth-order valence-corrected chi connectivity index (χ4v) is 3.58. The molecule has 1 amide bonds. The molecule has 1 aliphatic rings. The third kappa shape index (κ3) is 5.64. The Kier molecular flexibility index (Phi) is 7.75. The van der Waals surface area contributed by atoms with E-state index in [9.17, 15) is 13.2 Å². The van der Waals surface area contributed by atoms with Crippen molar-refractivity contribution in [3.05, 3.63) is 46.3 Å². The number of azide groups is 1. The van der Waals surface area contributed by atoms with Crippen LogP contribution < -0.4 is 5.32 Å². The molecule has 0 aromatic heterocycles. The van der Waals surface area contributed by atoms with E-state index in [-0.39, 0.29) is 12.5 Å². The van der Waals surface area contributed by atoms with Gasteiger partial charge in [-0.15, -0.1) is 0 Å². The van der Waals surface area contributed by atoms with Crippen molar-refractivity contribution < 1.29 is 31.6 Å². The van der Waals surface area contributed by atoms with E-state index in [2.05, 4.69) is 15.3 Å². The Bertz CT molecular complexity index is 814. The largest absolute Gasteiger partial charge is 0.376 e. The predicted molar refractivity (Wildman–Crippen MR) is 97.9 cm³/mol. The zero-order valence-corrected chi connectivity index (χ0v) is 16.4. The summed E-state index contributed by atoms with van der Waals surface area (Å²) in [6, 6.07) is 7.75.